The molecular weight excluding hydrogens is 320 g/mol. The van der Waals surface area contributed by atoms with Crippen molar-refractivity contribution in [3.63, 3.8) is 0 Å². The van der Waals surface area contributed by atoms with Gasteiger partial charge in [-0.25, -0.2) is 9.78 Å². The number of benzene rings is 2. The summed E-state index contributed by atoms with van der Waals surface area (Å²) < 4.78 is 0. The molecule has 0 aromatic heterocycles. The van der Waals surface area contributed by atoms with E-state index in [1.165, 1.54) is 35.1 Å². The summed E-state index contributed by atoms with van der Waals surface area (Å²) >= 11 is 0. The van der Waals surface area contributed by atoms with E-state index in [1.807, 2.05) is 0 Å². The molecule has 2 aromatic rings. The maximum Gasteiger partial charge on any atom is 0.118 e. The molecule has 2 heteroatoms. The fraction of sp³-hybridized carbons (Fsp3) is 0.500. The lowest BCUT2D eigenvalue weighted by atomic mass is 10.0. The van der Waals surface area contributed by atoms with E-state index in [1.54, 1.807) is 0 Å². The second-order valence-corrected chi connectivity index (χ2v) is 6.97. The van der Waals surface area contributed by atoms with Crippen LogP contribution in [0.5, 0.6) is 0 Å². The minimum Gasteiger partial charge on any atom is -0.228 e. The van der Waals surface area contributed by atoms with Gasteiger partial charge in [-0.3, -0.25) is 0 Å². The van der Waals surface area contributed by atoms with E-state index in [-0.39, 0.29) is 12.2 Å². The van der Waals surface area contributed by atoms with Crippen LogP contribution in [0, 0.1) is 0 Å². The van der Waals surface area contributed by atoms with Crippen molar-refractivity contribution in [3.8, 4) is 0 Å². The molecule has 0 N–H and O–H groups in total. The van der Waals surface area contributed by atoms with Crippen molar-refractivity contribution in [1.29, 1.82) is 0 Å². The van der Waals surface area contributed by atoms with Gasteiger partial charge >= 0.3 is 0 Å². The van der Waals surface area contributed by atoms with Gasteiger partial charge in [0.2, 0.25) is 0 Å². The van der Waals surface area contributed by atoms with Crippen LogP contribution in [0.25, 0.3) is 0 Å². The predicted molar refractivity (Wildman–Crippen MR) is 109 cm³/mol. The van der Waals surface area contributed by atoms with E-state index in [0.717, 1.165) is 25.7 Å². The Kier molecular flexibility index (Phi) is 8.87. The third-order valence-corrected chi connectivity index (χ3v) is 4.81. The summed E-state index contributed by atoms with van der Waals surface area (Å²) in [5.74, 6) is 0. The largest absolute Gasteiger partial charge is 0.228 e. The van der Waals surface area contributed by atoms with Crippen LogP contribution in [0.3, 0.4) is 0 Å². The van der Waals surface area contributed by atoms with Gasteiger partial charge in [0.05, 0.1) is 0 Å². The highest BCUT2D eigenvalue weighted by Crippen LogP contribution is 2.28. The van der Waals surface area contributed by atoms with Gasteiger partial charge in [0.15, 0.2) is 0 Å². The Labute approximate surface area is 159 Å². The number of aryl methyl sites for hydroxylation is 2. The number of rotatable bonds is 11. The third kappa shape index (κ3) is 5.96. The molecule has 0 heterocycles. The van der Waals surface area contributed by atoms with Crippen molar-refractivity contribution in [3.05, 3.63) is 70.8 Å². The first-order valence-electron chi connectivity index (χ1n) is 10.2. The molecule has 0 amide bonds. The highest BCUT2D eigenvalue weighted by molar-refractivity contribution is 5.25. The van der Waals surface area contributed by atoms with Crippen molar-refractivity contribution >= 4 is 0 Å². The lowest BCUT2D eigenvalue weighted by Gasteiger charge is -2.21. The fourth-order valence-corrected chi connectivity index (χ4v) is 3.23. The van der Waals surface area contributed by atoms with E-state index >= 15 is 0 Å². The first-order valence-corrected chi connectivity index (χ1v) is 10.2. The maximum absolute atomic E-state index is 5.86. The molecule has 2 rings (SSSR count). The van der Waals surface area contributed by atoms with Gasteiger partial charge < -0.3 is 0 Å². The molecule has 0 aliphatic rings. The molecule has 0 aliphatic heterocycles. The van der Waals surface area contributed by atoms with Gasteiger partial charge in [0.1, 0.15) is 12.2 Å². The number of hydrogen-bond acceptors (Lipinski definition) is 2. The topological polar surface area (TPSA) is 18.5 Å². The second-order valence-electron chi connectivity index (χ2n) is 6.97. The maximum atomic E-state index is 5.86. The zero-order valence-electron chi connectivity index (χ0n) is 16.8. The molecule has 2 unspecified atom stereocenters. The van der Waals surface area contributed by atoms with Crippen LogP contribution in [0.4, 0.5) is 0 Å². The molecular formula is C24H34O2. The molecule has 0 fully saturated rings. The first-order chi connectivity index (χ1) is 12.7. The Morgan fingerprint density at radius 3 is 1.19 bits per heavy atom. The predicted octanol–water partition coefficient (Wildman–Crippen LogP) is 7.14. The Hall–Kier alpha value is -1.64. The van der Waals surface area contributed by atoms with Crippen LogP contribution >= 0.6 is 0 Å². The SMILES string of the molecule is CCCc1ccc(C(CC)OOC(CC)c2ccc(CCC)cc2)cc1. The summed E-state index contributed by atoms with van der Waals surface area (Å²) in [6, 6.07) is 17.5. The van der Waals surface area contributed by atoms with Crippen LogP contribution in [-0.4, -0.2) is 0 Å². The molecule has 0 radical (unpaired) electrons. The van der Waals surface area contributed by atoms with Gasteiger partial charge in [-0.15, -0.1) is 0 Å². The van der Waals surface area contributed by atoms with Crippen molar-refractivity contribution in [1.82, 2.24) is 0 Å². The molecule has 0 saturated carbocycles. The van der Waals surface area contributed by atoms with Gasteiger partial charge in [-0.05, 0) is 47.9 Å². The highest BCUT2D eigenvalue weighted by Gasteiger charge is 2.16. The summed E-state index contributed by atoms with van der Waals surface area (Å²) in [5, 5.41) is 0. The summed E-state index contributed by atoms with van der Waals surface area (Å²) in [7, 11) is 0. The van der Waals surface area contributed by atoms with E-state index in [2.05, 4.69) is 76.2 Å². The van der Waals surface area contributed by atoms with Gasteiger partial charge in [-0.1, -0.05) is 89.1 Å². The van der Waals surface area contributed by atoms with E-state index in [9.17, 15) is 0 Å². The molecule has 0 bridgehead atoms. The average molecular weight is 355 g/mol. The molecule has 2 nitrogen and oxygen atoms in total. The number of hydrogen-bond donors (Lipinski definition) is 0. The van der Waals surface area contributed by atoms with Gasteiger partial charge in [0, 0.05) is 0 Å². The van der Waals surface area contributed by atoms with Crippen LogP contribution in [0.2, 0.25) is 0 Å². The lowest BCUT2D eigenvalue weighted by Crippen LogP contribution is -2.09. The Bertz CT molecular complexity index is 558. The zero-order chi connectivity index (χ0) is 18.8. The summed E-state index contributed by atoms with van der Waals surface area (Å²) in [6.07, 6.45) is 6.31. The standard InChI is InChI=1S/C24H34O2/c1-5-9-19-11-15-21(16-12-19)23(7-3)25-26-24(8-4)22-17-13-20(10-6-2)14-18-22/h11-18,23-24H,5-10H2,1-4H3. The van der Waals surface area contributed by atoms with Crippen molar-refractivity contribution < 1.29 is 9.78 Å². The molecule has 26 heavy (non-hydrogen) atoms. The van der Waals surface area contributed by atoms with Gasteiger partial charge in [-0.2, -0.15) is 0 Å². The van der Waals surface area contributed by atoms with Crippen molar-refractivity contribution in [2.75, 3.05) is 0 Å². The van der Waals surface area contributed by atoms with Gasteiger partial charge in [0.25, 0.3) is 0 Å². The van der Waals surface area contributed by atoms with Crippen LogP contribution in [0.15, 0.2) is 48.5 Å². The van der Waals surface area contributed by atoms with E-state index in [0.29, 0.717) is 0 Å². The van der Waals surface area contributed by atoms with Crippen LogP contribution in [0.1, 0.15) is 87.8 Å². The van der Waals surface area contributed by atoms with Crippen LogP contribution < -0.4 is 0 Å². The van der Waals surface area contributed by atoms with Crippen molar-refractivity contribution in [2.45, 2.75) is 78.4 Å². The molecule has 2 atom stereocenters. The summed E-state index contributed by atoms with van der Waals surface area (Å²) in [4.78, 5) is 11.7. The lowest BCUT2D eigenvalue weighted by molar-refractivity contribution is -0.358. The second kappa shape index (κ2) is 11.2. The minimum absolute atomic E-state index is 0.0286. The first kappa shape index (κ1) is 20.7. The monoisotopic (exact) mass is 354 g/mol. The Morgan fingerprint density at radius 2 is 0.923 bits per heavy atom. The molecule has 142 valence electrons. The summed E-state index contributed by atoms with van der Waals surface area (Å²) in [5.41, 5.74) is 5.12. The average Bonchev–Trinajstić information content (AvgIpc) is 2.68. The Balaban J connectivity index is 1.98. The molecule has 2 aromatic carbocycles. The van der Waals surface area contributed by atoms with E-state index < -0.39 is 0 Å². The van der Waals surface area contributed by atoms with E-state index in [4.69, 9.17) is 9.78 Å². The quantitative estimate of drug-likeness (QED) is 0.315. The minimum atomic E-state index is -0.0286. The Morgan fingerprint density at radius 1 is 0.577 bits per heavy atom. The highest BCUT2D eigenvalue weighted by atomic mass is 17.2. The molecule has 0 aliphatic carbocycles. The summed E-state index contributed by atoms with van der Waals surface area (Å²) in [6.45, 7) is 8.68. The smallest absolute Gasteiger partial charge is 0.118 e. The normalized spacial score (nSPS) is 13.5. The van der Waals surface area contributed by atoms with Crippen LogP contribution in [-0.2, 0) is 22.6 Å². The molecule has 0 spiro atoms. The third-order valence-electron chi connectivity index (χ3n) is 4.81. The van der Waals surface area contributed by atoms with Crippen molar-refractivity contribution in [2.24, 2.45) is 0 Å². The fourth-order valence-electron chi connectivity index (χ4n) is 3.23. The molecule has 0 saturated heterocycles. The zero-order valence-corrected chi connectivity index (χ0v) is 16.8.